The van der Waals surface area contributed by atoms with E-state index >= 15 is 0 Å². The molecule has 2 N–H and O–H groups in total. The monoisotopic (exact) mass is 195 g/mol. The molecule has 0 saturated heterocycles. The van der Waals surface area contributed by atoms with Crippen molar-refractivity contribution in [2.75, 3.05) is 19.6 Å². The van der Waals surface area contributed by atoms with Crippen LogP contribution in [-0.2, 0) is 0 Å². The van der Waals surface area contributed by atoms with Crippen molar-refractivity contribution >= 4 is 5.96 Å². The third kappa shape index (κ3) is 2.89. The minimum Gasteiger partial charge on any atom is -0.370 e. The lowest BCUT2D eigenvalue weighted by molar-refractivity contribution is 0.378. The van der Waals surface area contributed by atoms with Crippen LogP contribution in [0.3, 0.4) is 0 Å². The summed E-state index contributed by atoms with van der Waals surface area (Å²) in [6, 6.07) is 0. The quantitative estimate of drug-likeness (QED) is 0.533. The second kappa shape index (κ2) is 4.20. The van der Waals surface area contributed by atoms with E-state index in [0.717, 1.165) is 37.4 Å². The van der Waals surface area contributed by atoms with E-state index < -0.39 is 0 Å². The first-order valence-electron chi connectivity index (χ1n) is 5.84. The lowest BCUT2D eigenvalue weighted by atomic mass is 10.3. The summed E-state index contributed by atoms with van der Waals surface area (Å²) in [5.41, 5.74) is 5.96. The molecule has 0 aromatic rings. The third-order valence-electron chi connectivity index (χ3n) is 3.00. The van der Waals surface area contributed by atoms with Crippen LogP contribution >= 0.6 is 0 Å². The number of hydrogen-bond donors (Lipinski definition) is 1. The Kier molecular flexibility index (Phi) is 2.94. The normalized spacial score (nSPS) is 22.5. The van der Waals surface area contributed by atoms with Crippen LogP contribution in [0.5, 0.6) is 0 Å². The van der Waals surface area contributed by atoms with Gasteiger partial charge in [-0.2, -0.15) is 0 Å². The molecule has 2 aliphatic rings. The Morgan fingerprint density at radius 3 is 2.07 bits per heavy atom. The van der Waals surface area contributed by atoms with E-state index in [1.807, 2.05) is 6.92 Å². The van der Waals surface area contributed by atoms with E-state index in [0.29, 0.717) is 0 Å². The van der Waals surface area contributed by atoms with E-state index in [2.05, 4.69) is 9.89 Å². The topological polar surface area (TPSA) is 41.6 Å². The molecule has 0 radical (unpaired) electrons. The van der Waals surface area contributed by atoms with Crippen molar-refractivity contribution in [1.29, 1.82) is 0 Å². The molecule has 2 rings (SSSR count). The molecule has 0 aliphatic heterocycles. The molecular weight excluding hydrogens is 174 g/mol. The fourth-order valence-corrected chi connectivity index (χ4v) is 1.75. The maximum absolute atomic E-state index is 5.96. The molecule has 0 amide bonds. The molecule has 0 aromatic carbocycles. The van der Waals surface area contributed by atoms with Gasteiger partial charge in [0, 0.05) is 19.6 Å². The Bertz CT molecular complexity index is 203. The summed E-state index contributed by atoms with van der Waals surface area (Å²) >= 11 is 0. The van der Waals surface area contributed by atoms with Gasteiger partial charge in [0.25, 0.3) is 0 Å². The Hall–Kier alpha value is -0.730. The molecule has 2 aliphatic carbocycles. The number of guanidine groups is 1. The first-order chi connectivity index (χ1) is 6.79. The summed E-state index contributed by atoms with van der Waals surface area (Å²) in [5.74, 6) is 2.57. The van der Waals surface area contributed by atoms with E-state index in [-0.39, 0.29) is 0 Å². The number of aliphatic imine (C=N–C) groups is 1. The van der Waals surface area contributed by atoms with Crippen molar-refractivity contribution in [3.63, 3.8) is 0 Å². The number of hydrogen-bond acceptors (Lipinski definition) is 1. The van der Waals surface area contributed by atoms with Crippen molar-refractivity contribution in [3.8, 4) is 0 Å². The SMILES string of the molecule is CCN=C(N)N(CC1CC1)CC1CC1. The average molecular weight is 195 g/mol. The van der Waals surface area contributed by atoms with Crippen LogP contribution in [0, 0.1) is 11.8 Å². The van der Waals surface area contributed by atoms with Gasteiger partial charge in [0.05, 0.1) is 0 Å². The smallest absolute Gasteiger partial charge is 0.191 e. The predicted octanol–water partition coefficient (Wildman–Crippen LogP) is 1.44. The van der Waals surface area contributed by atoms with Crippen molar-refractivity contribution in [2.45, 2.75) is 32.6 Å². The summed E-state index contributed by atoms with van der Waals surface area (Å²) in [7, 11) is 0. The van der Waals surface area contributed by atoms with Crippen LogP contribution in [0.25, 0.3) is 0 Å². The van der Waals surface area contributed by atoms with Gasteiger partial charge in [-0.05, 0) is 44.4 Å². The predicted molar refractivity (Wildman–Crippen MR) is 59.2 cm³/mol. The molecular formula is C11H21N3. The van der Waals surface area contributed by atoms with Crippen molar-refractivity contribution < 1.29 is 0 Å². The molecule has 14 heavy (non-hydrogen) atoms. The zero-order valence-corrected chi connectivity index (χ0v) is 9.08. The Morgan fingerprint density at radius 2 is 1.71 bits per heavy atom. The molecule has 0 heterocycles. The fraction of sp³-hybridized carbons (Fsp3) is 0.909. The van der Waals surface area contributed by atoms with Crippen LogP contribution in [0.2, 0.25) is 0 Å². The molecule has 3 heteroatoms. The summed E-state index contributed by atoms with van der Waals surface area (Å²) in [6.45, 7) is 5.13. The van der Waals surface area contributed by atoms with Gasteiger partial charge in [0.1, 0.15) is 0 Å². The Morgan fingerprint density at radius 1 is 1.21 bits per heavy atom. The number of rotatable bonds is 5. The molecule has 2 fully saturated rings. The van der Waals surface area contributed by atoms with Gasteiger partial charge in [-0.1, -0.05) is 0 Å². The van der Waals surface area contributed by atoms with Crippen molar-refractivity contribution in [2.24, 2.45) is 22.6 Å². The molecule has 2 saturated carbocycles. The second-order valence-corrected chi connectivity index (χ2v) is 4.62. The maximum atomic E-state index is 5.96. The lowest BCUT2D eigenvalue weighted by Gasteiger charge is -2.23. The van der Waals surface area contributed by atoms with Crippen LogP contribution < -0.4 is 5.73 Å². The van der Waals surface area contributed by atoms with E-state index in [4.69, 9.17) is 5.73 Å². The van der Waals surface area contributed by atoms with Gasteiger partial charge in [0.15, 0.2) is 5.96 Å². The lowest BCUT2D eigenvalue weighted by Crippen LogP contribution is -2.40. The molecule has 0 atom stereocenters. The minimum atomic E-state index is 0.770. The summed E-state index contributed by atoms with van der Waals surface area (Å²) in [4.78, 5) is 6.61. The van der Waals surface area contributed by atoms with Gasteiger partial charge >= 0.3 is 0 Å². The van der Waals surface area contributed by atoms with Crippen molar-refractivity contribution in [3.05, 3.63) is 0 Å². The van der Waals surface area contributed by atoms with Crippen LogP contribution in [-0.4, -0.2) is 30.5 Å². The largest absolute Gasteiger partial charge is 0.370 e. The molecule has 0 bridgehead atoms. The van der Waals surface area contributed by atoms with E-state index in [1.165, 1.54) is 25.7 Å². The van der Waals surface area contributed by atoms with Crippen LogP contribution in [0.1, 0.15) is 32.6 Å². The standard InChI is InChI=1S/C11H21N3/c1-2-13-11(12)14(7-9-3-4-9)8-10-5-6-10/h9-10H,2-8H2,1H3,(H2,12,13). The first kappa shape index (κ1) is 9.81. The zero-order valence-electron chi connectivity index (χ0n) is 9.08. The minimum absolute atomic E-state index is 0.770. The molecule has 3 nitrogen and oxygen atoms in total. The second-order valence-electron chi connectivity index (χ2n) is 4.62. The third-order valence-corrected chi connectivity index (χ3v) is 3.00. The van der Waals surface area contributed by atoms with Gasteiger partial charge < -0.3 is 10.6 Å². The number of nitrogens with two attached hydrogens (primary N) is 1. The van der Waals surface area contributed by atoms with Gasteiger partial charge in [-0.3, -0.25) is 4.99 Å². The summed E-state index contributed by atoms with van der Waals surface area (Å²) < 4.78 is 0. The molecule has 80 valence electrons. The summed E-state index contributed by atoms with van der Waals surface area (Å²) in [6.07, 6.45) is 5.56. The highest BCUT2D eigenvalue weighted by Gasteiger charge is 2.29. The van der Waals surface area contributed by atoms with Gasteiger partial charge in [-0.25, -0.2) is 0 Å². The zero-order chi connectivity index (χ0) is 9.97. The summed E-state index contributed by atoms with van der Waals surface area (Å²) in [5, 5.41) is 0. The van der Waals surface area contributed by atoms with Crippen LogP contribution in [0.4, 0.5) is 0 Å². The highest BCUT2D eigenvalue weighted by Crippen LogP contribution is 2.33. The Balaban J connectivity index is 1.84. The molecule has 0 unspecified atom stereocenters. The average Bonchev–Trinajstić information content (AvgIpc) is 2.97. The van der Waals surface area contributed by atoms with Gasteiger partial charge in [0.2, 0.25) is 0 Å². The van der Waals surface area contributed by atoms with E-state index in [9.17, 15) is 0 Å². The first-order valence-corrected chi connectivity index (χ1v) is 5.84. The van der Waals surface area contributed by atoms with Crippen LogP contribution in [0.15, 0.2) is 4.99 Å². The highest BCUT2D eigenvalue weighted by molar-refractivity contribution is 5.78. The van der Waals surface area contributed by atoms with E-state index in [1.54, 1.807) is 0 Å². The molecule has 0 spiro atoms. The van der Waals surface area contributed by atoms with Gasteiger partial charge in [-0.15, -0.1) is 0 Å². The van der Waals surface area contributed by atoms with Crippen molar-refractivity contribution in [1.82, 2.24) is 4.90 Å². The number of nitrogens with zero attached hydrogens (tertiary/aromatic N) is 2. The fourth-order valence-electron chi connectivity index (χ4n) is 1.75. The maximum Gasteiger partial charge on any atom is 0.191 e. The highest BCUT2D eigenvalue weighted by atomic mass is 15.3. The Labute approximate surface area is 86.4 Å². The molecule has 0 aromatic heterocycles.